The fourth-order valence-electron chi connectivity index (χ4n) is 4.39. The Hall–Kier alpha value is -2.34. The average Bonchev–Trinajstić information content (AvgIpc) is 3.31. The normalized spacial score (nSPS) is 28.3. The Labute approximate surface area is 160 Å². The summed E-state index contributed by atoms with van der Waals surface area (Å²) in [6, 6.07) is 10.5. The number of hydrogen-bond acceptors (Lipinski definition) is 3. The molecule has 0 saturated carbocycles. The van der Waals surface area contributed by atoms with Crippen LogP contribution in [-0.4, -0.2) is 46.4 Å². The van der Waals surface area contributed by atoms with Crippen LogP contribution < -0.4 is 5.32 Å². The number of nitrogens with zero attached hydrogens (tertiary/aromatic N) is 3. The van der Waals surface area contributed by atoms with Gasteiger partial charge in [0.15, 0.2) is 0 Å². The first kappa shape index (κ1) is 18.0. The molecule has 0 aliphatic carbocycles. The second kappa shape index (κ2) is 7.35. The molecular weight excluding hydrogens is 340 g/mol. The van der Waals surface area contributed by atoms with Gasteiger partial charge in [-0.15, -0.1) is 0 Å². The quantitative estimate of drug-likeness (QED) is 0.906. The van der Waals surface area contributed by atoms with Crippen LogP contribution in [0.15, 0.2) is 42.7 Å². The van der Waals surface area contributed by atoms with Crippen molar-refractivity contribution in [2.45, 2.75) is 43.7 Å². The second-order valence-electron chi connectivity index (χ2n) is 8.04. The van der Waals surface area contributed by atoms with Gasteiger partial charge >= 0.3 is 6.03 Å². The van der Waals surface area contributed by atoms with Gasteiger partial charge in [-0.05, 0) is 24.8 Å². The van der Waals surface area contributed by atoms with Gasteiger partial charge in [-0.1, -0.05) is 37.3 Å². The van der Waals surface area contributed by atoms with Gasteiger partial charge < -0.3 is 15.0 Å². The number of nitrogens with one attached hydrogen (secondary N) is 1. The number of benzene rings is 1. The summed E-state index contributed by atoms with van der Waals surface area (Å²) in [6.07, 6.45) is 6.62. The molecule has 1 N–H and O–H groups in total. The average molecular weight is 368 g/mol. The standard InChI is InChI=1S/C21H28N4O2/c1-21(17-7-4-3-5-8-17)10-6-11-25(15-21)20(26)23-18-9-12-27-19(18)16-13-22-24(2)14-16/h3-5,7-8,13-14,18-19H,6,9-12,15H2,1-2H3,(H,23,26)/t18-,19+,21?/m1/s1. The van der Waals surface area contributed by atoms with Crippen molar-refractivity contribution in [1.82, 2.24) is 20.0 Å². The molecular formula is C21H28N4O2. The Balaban J connectivity index is 1.43. The predicted molar refractivity (Wildman–Crippen MR) is 103 cm³/mol. The third-order valence-corrected chi connectivity index (χ3v) is 5.91. The summed E-state index contributed by atoms with van der Waals surface area (Å²) in [7, 11) is 1.89. The number of rotatable bonds is 3. The number of hydrogen-bond donors (Lipinski definition) is 1. The van der Waals surface area contributed by atoms with Crippen molar-refractivity contribution >= 4 is 6.03 Å². The van der Waals surface area contributed by atoms with E-state index in [9.17, 15) is 4.79 Å². The summed E-state index contributed by atoms with van der Waals surface area (Å²) < 4.78 is 7.65. The van der Waals surface area contributed by atoms with Crippen molar-refractivity contribution in [3.63, 3.8) is 0 Å². The van der Waals surface area contributed by atoms with E-state index >= 15 is 0 Å². The number of aromatic nitrogens is 2. The molecule has 2 fully saturated rings. The molecule has 1 unspecified atom stereocenters. The van der Waals surface area contributed by atoms with Crippen molar-refractivity contribution in [1.29, 1.82) is 0 Å². The van der Waals surface area contributed by atoms with Crippen LogP contribution in [-0.2, 0) is 17.2 Å². The van der Waals surface area contributed by atoms with Crippen LogP contribution >= 0.6 is 0 Å². The van der Waals surface area contributed by atoms with Crippen molar-refractivity contribution in [3.8, 4) is 0 Å². The van der Waals surface area contributed by atoms with Gasteiger partial charge in [0.2, 0.25) is 0 Å². The minimum absolute atomic E-state index is 0.00573. The molecule has 2 amide bonds. The zero-order valence-electron chi connectivity index (χ0n) is 16.1. The van der Waals surface area contributed by atoms with Crippen LogP contribution in [0.1, 0.15) is 43.4 Å². The Morgan fingerprint density at radius 1 is 1.33 bits per heavy atom. The highest BCUT2D eigenvalue weighted by atomic mass is 16.5. The SMILES string of the molecule is Cn1cc([C@@H]2OCC[C@H]2NC(=O)N2CCCC(C)(c3ccccc3)C2)cn1. The predicted octanol–water partition coefficient (Wildman–Crippen LogP) is 3.01. The molecule has 4 rings (SSSR count). The van der Waals surface area contributed by atoms with Gasteiger partial charge in [0, 0.05) is 43.9 Å². The highest BCUT2D eigenvalue weighted by Crippen LogP contribution is 2.34. The molecule has 3 heterocycles. The smallest absolute Gasteiger partial charge is 0.317 e. The van der Waals surface area contributed by atoms with E-state index in [1.54, 1.807) is 4.68 Å². The lowest BCUT2D eigenvalue weighted by atomic mass is 9.76. The van der Waals surface area contributed by atoms with E-state index < -0.39 is 0 Å². The van der Waals surface area contributed by atoms with E-state index in [0.717, 1.165) is 37.9 Å². The summed E-state index contributed by atoms with van der Waals surface area (Å²) in [5.74, 6) is 0. The molecule has 2 aliphatic heterocycles. The third kappa shape index (κ3) is 3.72. The highest BCUT2D eigenvalue weighted by Gasteiger charge is 2.37. The van der Waals surface area contributed by atoms with E-state index in [1.165, 1.54) is 5.56 Å². The Morgan fingerprint density at radius 2 is 2.15 bits per heavy atom. The number of urea groups is 1. The molecule has 2 aliphatic rings. The monoisotopic (exact) mass is 368 g/mol. The molecule has 0 spiro atoms. The fourth-order valence-corrected chi connectivity index (χ4v) is 4.39. The summed E-state index contributed by atoms with van der Waals surface area (Å²) >= 11 is 0. The van der Waals surface area contributed by atoms with Gasteiger partial charge in [-0.25, -0.2) is 4.79 Å². The topological polar surface area (TPSA) is 59.4 Å². The number of piperidine rings is 1. The Kier molecular flexibility index (Phi) is 4.91. The molecule has 1 aromatic carbocycles. The van der Waals surface area contributed by atoms with E-state index in [0.29, 0.717) is 6.61 Å². The maximum absolute atomic E-state index is 13.0. The minimum atomic E-state index is -0.118. The van der Waals surface area contributed by atoms with Crippen molar-refractivity contribution in [2.24, 2.45) is 7.05 Å². The largest absolute Gasteiger partial charge is 0.371 e. The van der Waals surface area contributed by atoms with Crippen molar-refractivity contribution in [2.75, 3.05) is 19.7 Å². The van der Waals surface area contributed by atoms with Crippen LogP contribution in [0.2, 0.25) is 0 Å². The first-order chi connectivity index (χ1) is 13.0. The van der Waals surface area contributed by atoms with Gasteiger partial charge in [0.25, 0.3) is 0 Å². The molecule has 27 heavy (non-hydrogen) atoms. The van der Waals surface area contributed by atoms with Crippen molar-refractivity contribution in [3.05, 3.63) is 53.9 Å². The summed E-state index contributed by atoms with van der Waals surface area (Å²) in [4.78, 5) is 15.0. The number of carbonyl (C=O) groups is 1. The molecule has 1 aromatic heterocycles. The first-order valence-electron chi connectivity index (χ1n) is 9.76. The molecule has 3 atom stereocenters. The lowest BCUT2D eigenvalue weighted by Gasteiger charge is -2.41. The summed E-state index contributed by atoms with van der Waals surface area (Å²) in [5.41, 5.74) is 2.33. The van der Waals surface area contributed by atoms with Gasteiger partial charge in [-0.2, -0.15) is 5.10 Å². The second-order valence-corrected chi connectivity index (χ2v) is 8.04. The lowest BCUT2D eigenvalue weighted by molar-refractivity contribution is 0.0959. The number of aryl methyl sites for hydroxylation is 1. The van der Waals surface area contributed by atoms with Crippen LogP contribution in [0.3, 0.4) is 0 Å². The highest BCUT2D eigenvalue weighted by molar-refractivity contribution is 5.75. The maximum Gasteiger partial charge on any atom is 0.317 e. The number of amides is 2. The van der Waals surface area contributed by atoms with Crippen LogP contribution in [0.25, 0.3) is 0 Å². The summed E-state index contributed by atoms with van der Waals surface area (Å²) in [6.45, 7) is 4.47. The summed E-state index contributed by atoms with van der Waals surface area (Å²) in [5, 5.41) is 7.45. The van der Waals surface area contributed by atoms with Gasteiger partial charge in [-0.3, -0.25) is 4.68 Å². The van der Waals surface area contributed by atoms with E-state index in [4.69, 9.17) is 4.74 Å². The number of likely N-dealkylation sites (tertiary alicyclic amines) is 1. The molecule has 6 heteroatoms. The zero-order chi connectivity index (χ0) is 18.9. The van der Waals surface area contributed by atoms with Crippen molar-refractivity contribution < 1.29 is 9.53 Å². The fraction of sp³-hybridized carbons (Fsp3) is 0.524. The third-order valence-electron chi connectivity index (χ3n) is 5.91. The first-order valence-corrected chi connectivity index (χ1v) is 9.76. The Bertz CT molecular complexity index is 790. The molecule has 144 valence electrons. The maximum atomic E-state index is 13.0. The minimum Gasteiger partial charge on any atom is -0.371 e. The van der Waals surface area contributed by atoms with Gasteiger partial charge in [0.05, 0.1) is 12.2 Å². The number of carbonyl (C=O) groups excluding carboxylic acids is 1. The van der Waals surface area contributed by atoms with Crippen LogP contribution in [0, 0.1) is 0 Å². The number of ether oxygens (including phenoxy) is 1. The molecule has 2 saturated heterocycles. The van der Waals surface area contributed by atoms with Gasteiger partial charge in [0.1, 0.15) is 6.10 Å². The van der Waals surface area contributed by atoms with E-state index in [2.05, 4.69) is 41.6 Å². The van der Waals surface area contributed by atoms with E-state index in [-0.39, 0.29) is 23.6 Å². The molecule has 6 nitrogen and oxygen atoms in total. The lowest BCUT2D eigenvalue weighted by Crippen LogP contribution is -2.52. The Morgan fingerprint density at radius 3 is 2.89 bits per heavy atom. The van der Waals surface area contributed by atoms with Crippen LogP contribution in [0.4, 0.5) is 4.79 Å². The molecule has 0 radical (unpaired) electrons. The van der Waals surface area contributed by atoms with Crippen LogP contribution in [0.5, 0.6) is 0 Å². The van der Waals surface area contributed by atoms with E-state index in [1.807, 2.05) is 30.4 Å². The zero-order valence-corrected chi connectivity index (χ0v) is 16.1. The molecule has 2 aromatic rings. The molecule has 0 bridgehead atoms.